The van der Waals surface area contributed by atoms with Crippen LogP contribution in [0.2, 0.25) is 5.02 Å². The number of carbonyl (C=O) groups is 2. The van der Waals surface area contributed by atoms with E-state index in [1.54, 1.807) is 70.5 Å². The van der Waals surface area contributed by atoms with Crippen molar-refractivity contribution in [2.75, 3.05) is 31.9 Å². The van der Waals surface area contributed by atoms with Crippen LogP contribution in [0.4, 0.5) is 5.69 Å². The highest BCUT2D eigenvalue weighted by Gasteiger charge is 2.32. The number of anilines is 1. The third kappa shape index (κ3) is 6.03. The quantitative estimate of drug-likeness (QED) is 0.509. The number of methoxy groups -OCH3 is 2. The summed E-state index contributed by atoms with van der Waals surface area (Å²) >= 11 is 7.33. The maximum Gasteiger partial charge on any atom is 0.338 e. The minimum Gasteiger partial charge on any atom is -0.497 e. The number of allylic oxidation sites excluding steroid dienone is 1. The molecule has 0 saturated heterocycles. The van der Waals surface area contributed by atoms with Crippen molar-refractivity contribution in [1.29, 1.82) is 0 Å². The number of benzene rings is 2. The average molecular weight is 504 g/mol. The first-order chi connectivity index (χ1) is 16.4. The first-order valence-corrected chi connectivity index (χ1v) is 11.9. The average Bonchev–Trinajstić information content (AvgIpc) is 2.83. The predicted molar refractivity (Wildman–Crippen MR) is 135 cm³/mol. The second-order valence-electron chi connectivity index (χ2n) is 7.15. The third-order valence-corrected chi connectivity index (χ3v) is 6.15. The lowest BCUT2D eigenvalue weighted by Gasteiger charge is -2.27. The van der Waals surface area contributed by atoms with E-state index in [1.165, 1.54) is 11.8 Å². The smallest absolute Gasteiger partial charge is 0.338 e. The summed E-state index contributed by atoms with van der Waals surface area (Å²) in [6.07, 6.45) is 0. The minimum atomic E-state index is -0.709. The molecule has 3 rings (SSSR count). The second-order valence-corrected chi connectivity index (χ2v) is 8.52. The van der Waals surface area contributed by atoms with E-state index in [-0.39, 0.29) is 18.3 Å². The van der Waals surface area contributed by atoms with E-state index < -0.39 is 12.0 Å². The minimum absolute atomic E-state index is 0.0844. The summed E-state index contributed by atoms with van der Waals surface area (Å²) in [4.78, 5) is 30.0. The highest BCUT2D eigenvalue weighted by atomic mass is 35.5. The first-order valence-electron chi connectivity index (χ1n) is 10.5. The Morgan fingerprint density at radius 2 is 1.94 bits per heavy atom. The molecule has 1 heterocycles. The largest absolute Gasteiger partial charge is 0.497 e. The SMILES string of the molecule is CCOC(=O)C1=C(C)NC(SCC(=O)Nc2ccccc2Cl)=N[C@@H]1c1cc(OC)ccc1OC. The van der Waals surface area contributed by atoms with Crippen LogP contribution in [-0.4, -0.2) is 43.6 Å². The van der Waals surface area contributed by atoms with Gasteiger partial charge in [0.1, 0.15) is 17.5 Å². The topological polar surface area (TPSA) is 98.2 Å². The fourth-order valence-corrected chi connectivity index (χ4v) is 4.28. The number of aliphatic imine (C=N–C) groups is 1. The van der Waals surface area contributed by atoms with Crippen LogP contribution < -0.4 is 20.1 Å². The first kappa shape index (κ1) is 25.5. The normalized spacial score (nSPS) is 15.2. The monoisotopic (exact) mass is 503 g/mol. The molecule has 0 spiro atoms. The molecular formula is C24H26ClN3O5S. The van der Waals surface area contributed by atoms with Gasteiger partial charge in [-0.25, -0.2) is 9.79 Å². The summed E-state index contributed by atoms with van der Waals surface area (Å²) in [5, 5.41) is 6.84. The number of carbonyl (C=O) groups excluding carboxylic acids is 2. The van der Waals surface area contributed by atoms with Gasteiger partial charge in [-0.3, -0.25) is 4.79 Å². The Hall–Kier alpha value is -3.17. The molecule has 1 aliphatic rings. The van der Waals surface area contributed by atoms with Gasteiger partial charge in [-0.15, -0.1) is 0 Å². The fraction of sp³-hybridized carbons (Fsp3) is 0.292. The molecule has 1 amide bonds. The summed E-state index contributed by atoms with van der Waals surface area (Å²) in [7, 11) is 3.11. The lowest BCUT2D eigenvalue weighted by Crippen LogP contribution is -2.31. The number of amides is 1. The van der Waals surface area contributed by atoms with Crippen molar-refractivity contribution in [3.63, 3.8) is 0 Å². The predicted octanol–water partition coefficient (Wildman–Crippen LogP) is 4.57. The van der Waals surface area contributed by atoms with E-state index in [0.717, 1.165) is 0 Å². The molecule has 2 aromatic rings. The number of nitrogens with one attached hydrogen (secondary N) is 2. The van der Waals surface area contributed by atoms with E-state index in [2.05, 4.69) is 10.6 Å². The van der Waals surface area contributed by atoms with Gasteiger partial charge in [0.2, 0.25) is 5.91 Å². The Bertz CT molecular complexity index is 1140. The lowest BCUT2D eigenvalue weighted by atomic mass is 9.95. The molecule has 0 unspecified atom stereocenters. The van der Waals surface area contributed by atoms with Crippen LogP contribution in [0, 0.1) is 0 Å². The van der Waals surface area contributed by atoms with Crippen molar-refractivity contribution in [3.8, 4) is 11.5 Å². The van der Waals surface area contributed by atoms with Crippen molar-refractivity contribution < 1.29 is 23.8 Å². The maximum atomic E-state index is 12.8. The number of hydrogen-bond donors (Lipinski definition) is 2. The van der Waals surface area contributed by atoms with E-state index in [0.29, 0.717) is 44.2 Å². The Labute approximate surface area is 207 Å². The molecule has 0 radical (unpaired) electrons. The molecule has 1 atom stereocenters. The Kier molecular flexibility index (Phi) is 8.84. The zero-order valence-corrected chi connectivity index (χ0v) is 20.9. The van der Waals surface area contributed by atoms with Crippen LogP contribution in [0.1, 0.15) is 25.5 Å². The molecule has 0 aliphatic carbocycles. The molecule has 0 bridgehead atoms. The van der Waals surface area contributed by atoms with E-state index in [4.69, 9.17) is 30.8 Å². The fourth-order valence-electron chi connectivity index (χ4n) is 3.35. The molecule has 34 heavy (non-hydrogen) atoms. The van der Waals surface area contributed by atoms with Gasteiger partial charge in [0.15, 0.2) is 5.17 Å². The molecule has 0 saturated carbocycles. The molecular weight excluding hydrogens is 478 g/mol. The molecule has 0 fully saturated rings. The van der Waals surface area contributed by atoms with Crippen LogP contribution in [0.25, 0.3) is 0 Å². The number of thioether (sulfide) groups is 1. The molecule has 1 aliphatic heterocycles. The van der Waals surface area contributed by atoms with Gasteiger partial charge in [-0.2, -0.15) is 0 Å². The van der Waals surface area contributed by atoms with Crippen molar-refractivity contribution in [2.24, 2.45) is 4.99 Å². The Balaban J connectivity index is 1.88. The Morgan fingerprint density at radius 1 is 1.18 bits per heavy atom. The highest BCUT2D eigenvalue weighted by molar-refractivity contribution is 8.14. The zero-order chi connectivity index (χ0) is 24.7. The zero-order valence-electron chi connectivity index (χ0n) is 19.3. The summed E-state index contributed by atoms with van der Waals surface area (Å²) < 4.78 is 16.2. The van der Waals surface area contributed by atoms with Crippen LogP contribution >= 0.6 is 23.4 Å². The summed E-state index contributed by atoms with van der Waals surface area (Å²) in [5.74, 6) is 0.509. The lowest BCUT2D eigenvalue weighted by molar-refractivity contribution is -0.139. The third-order valence-electron chi connectivity index (χ3n) is 4.93. The number of esters is 1. The van der Waals surface area contributed by atoms with Crippen molar-refractivity contribution in [2.45, 2.75) is 19.9 Å². The molecule has 0 aromatic heterocycles. The number of rotatable bonds is 8. The molecule has 8 nitrogen and oxygen atoms in total. The van der Waals surface area contributed by atoms with Gasteiger partial charge >= 0.3 is 5.97 Å². The number of hydrogen-bond acceptors (Lipinski definition) is 8. The van der Waals surface area contributed by atoms with Gasteiger partial charge in [0.25, 0.3) is 0 Å². The van der Waals surface area contributed by atoms with Crippen LogP contribution in [-0.2, 0) is 14.3 Å². The van der Waals surface area contributed by atoms with Crippen molar-refractivity contribution >= 4 is 46.1 Å². The standard InChI is InChI=1S/C24H26ClN3O5S/c1-5-33-23(30)21-14(2)26-24(34-13-20(29)27-18-9-7-6-8-17(18)25)28-22(21)16-12-15(31-3)10-11-19(16)32-4/h6-12,22H,5,13H2,1-4H3,(H,26,28)(H,27,29)/t22-/m1/s1. The van der Waals surface area contributed by atoms with Gasteiger partial charge in [0.05, 0.1) is 42.9 Å². The number of para-hydroxylation sites is 1. The molecule has 10 heteroatoms. The maximum absolute atomic E-state index is 12.8. The number of amidine groups is 1. The molecule has 180 valence electrons. The van der Waals surface area contributed by atoms with Gasteiger partial charge in [-0.05, 0) is 44.2 Å². The van der Waals surface area contributed by atoms with E-state index in [1.807, 2.05) is 0 Å². The van der Waals surface area contributed by atoms with Crippen LogP contribution in [0.3, 0.4) is 0 Å². The van der Waals surface area contributed by atoms with E-state index in [9.17, 15) is 9.59 Å². The summed E-state index contributed by atoms with van der Waals surface area (Å²) in [6, 6.07) is 11.6. The summed E-state index contributed by atoms with van der Waals surface area (Å²) in [6.45, 7) is 3.74. The molecule has 2 aromatic carbocycles. The van der Waals surface area contributed by atoms with Gasteiger partial charge < -0.3 is 24.8 Å². The highest BCUT2D eigenvalue weighted by Crippen LogP contribution is 2.39. The number of halogens is 1. The number of ether oxygens (including phenoxy) is 3. The van der Waals surface area contributed by atoms with Crippen LogP contribution in [0.15, 0.2) is 58.7 Å². The van der Waals surface area contributed by atoms with Gasteiger partial charge in [0, 0.05) is 11.3 Å². The molecule has 2 N–H and O–H groups in total. The number of nitrogens with zero attached hydrogens (tertiary/aromatic N) is 1. The van der Waals surface area contributed by atoms with E-state index >= 15 is 0 Å². The Morgan fingerprint density at radius 3 is 2.62 bits per heavy atom. The van der Waals surface area contributed by atoms with Crippen molar-refractivity contribution in [1.82, 2.24) is 5.32 Å². The van der Waals surface area contributed by atoms with Crippen LogP contribution in [0.5, 0.6) is 11.5 Å². The second kappa shape index (κ2) is 11.8. The summed E-state index contributed by atoms with van der Waals surface area (Å²) in [5.41, 5.74) is 2.12. The van der Waals surface area contributed by atoms with Gasteiger partial charge in [-0.1, -0.05) is 35.5 Å². The van der Waals surface area contributed by atoms with Crippen molar-refractivity contribution in [3.05, 3.63) is 64.3 Å².